The van der Waals surface area contributed by atoms with Gasteiger partial charge in [0.2, 0.25) is 0 Å². The number of nitrogens with one attached hydrogen (secondary N) is 1. The highest BCUT2D eigenvalue weighted by Crippen LogP contribution is 2.14. The Bertz CT molecular complexity index is 752. The zero-order chi connectivity index (χ0) is 16.9. The van der Waals surface area contributed by atoms with Gasteiger partial charge in [-0.3, -0.25) is 9.59 Å². The van der Waals surface area contributed by atoms with Crippen molar-refractivity contribution in [3.05, 3.63) is 59.4 Å². The van der Waals surface area contributed by atoms with Crippen LogP contribution >= 0.6 is 0 Å². The molecule has 124 valence electrons. The molecule has 5 nitrogen and oxygen atoms in total. The number of aromatic nitrogens is 1. The van der Waals surface area contributed by atoms with Crippen molar-refractivity contribution in [3.8, 4) is 0 Å². The van der Waals surface area contributed by atoms with Crippen molar-refractivity contribution in [2.24, 2.45) is 0 Å². The molecule has 2 aromatic rings. The van der Waals surface area contributed by atoms with Crippen molar-refractivity contribution in [3.63, 3.8) is 0 Å². The molecule has 1 aliphatic heterocycles. The maximum absolute atomic E-state index is 12.5. The van der Waals surface area contributed by atoms with E-state index in [0.717, 1.165) is 43.6 Å². The number of hydrogen-bond donors (Lipinski definition) is 1. The summed E-state index contributed by atoms with van der Waals surface area (Å²) in [5.41, 5.74) is 2.36. The minimum atomic E-state index is -0.311. The average Bonchev–Trinajstić information content (AvgIpc) is 2.62. The smallest absolute Gasteiger partial charge is 0.274 e. The Labute approximate surface area is 141 Å². The normalized spacial score (nSPS) is 14.3. The topological polar surface area (TPSA) is 62.3 Å². The summed E-state index contributed by atoms with van der Waals surface area (Å²) >= 11 is 0. The van der Waals surface area contributed by atoms with E-state index in [9.17, 15) is 9.59 Å². The van der Waals surface area contributed by atoms with Crippen LogP contribution in [-0.2, 0) is 0 Å². The van der Waals surface area contributed by atoms with E-state index < -0.39 is 0 Å². The van der Waals surface area contributed by atoms with Gasteiger partial charge in [-0.1, -0.05) is 18.2 Å². The van der Waals surface area contributed by atoms with E-state index in [-0.39, 0.29) is 17.5 Å². The number of carbonyl (C=O) groups is 2. The molecule has 1 aromatic carbocycles. The molecule has 0 radical (unpaired) electrons. The Kier molecular flexibility index (Phi) is 4.89. The van der Waals surface area contributed by atoms with Crippen molar-refractivity contribution >= 4 is 17.5 Å². The van der Waals surface area contributed by atoms with E-state index in [1.54, 1.807) is 18.2 Å². The predicted molar refractivity (Wildman–Crippen MR) is 93.1 cm³/mol. The highest BCUT2D eigenvalue weighted by Gasteiger charge is 2.20. The third-order valence-corrected chi connectivity index (χ3v) is 4.12. The van der Waals surface area contributed by atoms with Gasteiger partial charge in [0.1, 0.15) is 11.4 Å². The van der Waals surface area contributed by atoms with Gasteiger partial charge >= 0.3 is 0 Å². The van der Waals surface area contributed by atoms with Crippen LogP contribution in [0, 0.1) is 6.92 Å². The van der Waals surface area contributed by atoms with E-state index in [2.05, 4.69) is 10.3 Å². The van der Waals surface area contributed by atoms with Crippen molar-refractivity contribution in [1.82, 2.24) is 9.88 Å². The van der Waals surface area contributed by atoms with Crippen LogP contribution in [0.2, 0.25) is 0 Å². The lowest BCUT2D eigenvalue weighted by Crippen LogP contribution is -2.36. The fraction of sp³-hybridized carbons (Fsp3) is 0.316. The molecule has 0 spiro atoms. The third-order valence-electron chi connectivity index (χ3n) is 4.12. The molecule has 1 N–H and O–H groups in total. The SMILES string of the molecule is Cc1cccc(NC(=O)c2cccc(C(=O)N3CCCCC3)n2)c1. The summed E-state index contributed by atoms with van der Waals surface area (Å²) in [5.74, 6) is -0.409. The Morgan fingerprint density at radius 1 is 1.00 bits per heavy atom. The van der Waals surface area contributed by atoms with Crippen molar-refractivity contribution in [2.75, 3.05) is 18.4 Å². The second-order valence-corrected chi connectivity index (χ2v) is 6.08. The summed E-state index contributed by atoms with van der Waals surface area (Å²) < 4.78 is 0. The lowest BCUT2D eigenvalue weighted by molar-refractivity contribution is 0.0718. The minimum Gasteiger partial charge on any atom is -0.337 e. The summed E-state index contributed by atoms with van der Waals surface area (Å²) in [5, 5.41) is 2.82. The Hall–Kier alpha value is -2.69. The van der Waals surface area contributed by atoms with Gasteiger partial charge in [0.15, 0.2) is 0 Å². The first-order valence-corrected chi connectivity index (χ1v) is 8.28. The standard InChI is InChI=1S/C19H21N3O2/c1-14-7-5-8-15(13-14)20-18(23)16-9-6-10-17(21-16)19(24)22-11-3-2-4-12-22/h5-10,13H,2-4,11-12H2,1H3,(H,20,23). The van der Waals surface area contributed by atoms with Crippen LogP contribution in [0.3, 0.4) is 0 Å². The minimum absolute atomic E-state index is 0.0973. The first kappa shape index (κ1) is 16.2. The zero-order valence-corrected chi connectivity index (χ0v) is 13.8. The molecule has 3 rings (SSSR count). The number of anilines is 1. The number of carbonyl (C=O) groups excluding carboxylic acids is 2. The number of nitrogens with zero attached hydrogens (tertiary/aromatic N) is 2. The van der Waals surface area contributed by atoms with Gasteiger partial charge in [0.25, 0.3) is 11.8 Å². The zero-order valence-electron chi connectivity index (χ0n) is 13.8. The van der Waals surface area contributed by atoms with Crippen LogP contribution in [0.4, 0.5) is 5.69 Å². The number of benzene rings is 1. The molecule has 5 heteroatoms. The highest BCUT2D eigenvalue weighted by atomic mass is 16.2. The number of aryl methyl sites for hydroxylation is 1. The Morgan fingerprint density at radius 2 is 1.71 bits per heavy atom. The molecule has 1 aliphatic rings. The van der Waals surface area contributed by atoms with Crippen LogP contribution in [0.5, 0.6) is 0 Å². The van der Waals surface area contributed by atoms with E-state index in [4.69, 9.17) is 0 Å². The molecule has 1 aromatic heterocycles. The van der Waals surface area contributed by atoms with Gasteiger partial charge in [0.05, 0.1) is 0 Å². The molecule has 2 heterocycles. The van der Waals surface area contributed by atoms with Crippen LogP contribution in [0.1, 0.15) is 45.8 Å². The molecule has 0 atom stereocenters. The number of piperidine rings is 1. The second kappa shape index (κ2) is 7.25. The van der Waals surface area contributed by atoms with E-state index in [1.165, 1.54) is 0 Å². The van der Waals surface area contributed by atoms with Gasteiger partial charge in [-0.15, -0.1) is 0 Å². The summed E-state index contributed by atoms with van der Waals surface area (Å²) in [7, 11) is 0. The monoisotopic (exact) mass is 323 g/mol. The maximum Gasteiger partial charge on any atom is 0.274 e. The first-order chi connectivity index (χ1) is 11.6. The quantitative estimate of drug-likeness (QED) is 0.943. The molecule has 1 saturated heterocycles. The summed E-state index contributed by atoms with van der Waals surface area (Å²) in [4.78, 5) is 31.0. The molecule has 0 bridgehead atoms. The van der Waals surface area contributed by atoms with Crippen LogP contribution in [0.25, 0.3) is 0 Å². The summed E-state index contributed by atoms with van der Waals surface area (Å²) in [6.07, 6.45) is 3.22. The van der Waals surface area contributed by atoms with Crippen LogP contribution in [0.15, 0.2) is 42.5 Å². The number of hydrogen-bond acceptors (Lipinski definition) is 3. The average molecular weight is 323 g/mol. The van der Waals surface area contributed by atoms with Gasteiger partial charge < -0.3 is 10.2 Å². The van der Waals surface area contributed by atoms with Gasteiger partial charge in [0, 0.05) is 18.8 Å². The Morgan fingerprint density at radius 3 is 2.46 bits per heavy atom. The van der Waals surface area contributed by atoms with E-state index in [0.29, 0.717) is 5.69 Å². The Balaban J connectivity index is 1.74. The third kappa shape index (κ3) is 3.79. The lowest BCUT2D eigenvalue weighted by atomic mass is 10.1. The first-order valence-electron chi connectivity index (χ1n) is 8.28. The molecule has 0 aliphatic carbocycles. The van der Waals surface area contributed by atoms with E-state index >= 15 is 0 Å². The van der Waals surface area contributed by atoms with Gasteiger partial charge in [-0.05, 0) is 56.0 Å². The van der Waals surface area contributed by atoms with Gasteiger partial charge in [-0.25, -0.2) is 4.98 Å². The fourth-order valence-electron chi connectivity index (χ4n) is 2.86. The van der Waals surface area contributed by atoms with Gasteiger partial charge in [-0.2, -0.15) is 0 Å². The molecule has 0 unspecified atom stereocenters. The highest BCUT2D eigenvalue weighted by molar-refractivity contribution is 6.03. The number of pyridine rings is 1. The number of rotatable bonds is 3. The molecule has 24 heavy (non-hydrogen) atoms. The predicted octanol–water partition coefficient (Wildman–Crippen LogP) is 3.27. The number of likely N-dealkylation sites (tertiary alicyclic amines) is 1. The van der Waals surface area contributed by atoms with Crippen molar-refractivity contribution in [2.45, 2.75) is 26.2 Å². The summed E-state index contributed by atoms with van der Waals surface area (Å²) in [6, 6.07) is 12.6. The molecule has 0 saturated carbocycles. The lowest BCUT2D eigenvalue weighted by Gasteiger charge is -2.26. The van der Waals surface area contributed by atoms with Crippen molar-refractivity contribution < 1.29 is 9.59 Å². The maximum atomic E-state index is 12.5. The molecule has 2 amide bonds. The number of amides is 2. The van der Waals surface area contributed by atoms with Crippen molar-refractivity contribution in [1.29, 1.82) is 0 Å². The molecule has 1 fully saturated rings. The fourth-order valence-corrected chi connectivity index (χ4v) is 2.86. The molecular weight excluding hydrogens is 302 g/mol. The molecular formula is C19H21N3O2. The van der Waals surface area contributed by atoms with Crippen LogP contribution in [-0.4, -0.2) is 34.8 Å². The second-order valence-electron chi connectivity index (χ2n) is 6.08. The largest absolute Gasteiger partial charge is 0.337 e. The summed E-state index contributed by atoms with van der Waals surface area (Å²) in [6.45, 7) is 3.49. The van der Waals surface area contributed by atoms with E-state index in [1.807, 2.05) is 36.1 Å². The van der Waals surface area contributed by atoms with Crippen LogP contribution < -0.4 is 5.32 Å².